The molecule has 0 amide bonds. The van der Waals surface area contributed by atoms with Gasteiger partial charge in [0, 0.05) is 18.2 Å². The lowest BCUT2D eigenvalue weighted by Gasteiger charge is -1.91. The SMILES string of the molecule is CCCCC#CCCCCCBr. The van der Waals surface area contributed by atoms with Crippen LogP contribution < -0.4 is 0 Å². The predicted molar refractivity (Wildman–Crippen MR) is 59.6 cm³/mol. The fourth-order valence-corrected chi connectivity index (χ4v) is 1.32. The van der Waals surface area contributed by atoms with Gasteiger partial charge in [-0.2, -0.15) is 0 Å². The lowest BCUT2D eigenvalue weighted by Crippen LogP contribution is -1.76. The Morgan fingerprint density at radius 2 is 1.58 bits per heavy atom. The predicted octanol–water partition coefficient (Wildman–Crippen LogP) is 4.14. The van der Waals surface area contributed by atoms with Gasteiger partial charge in [-0.05, 0) is 19.3 Å². The number of unbranched alkanes of at least 4 members (excludes halogenated alkanes) is 5. The number of hydrogen-bond acceptors (Lipinski definition) is 0. The lowest BCUT2D eigenvalue weighted by molar-refractivity contribution is 0.744. The van der Waals surface area contributed by atoms with Gasteiger partial charge in [0.1, 0.15) is 0 Å². The quantitative estimate of drug-likeness (QED) is 0.366. The van der Waals surface area contributed by atoms with Gasteiger partial charge in [0.05, 0.1) is 0 Å². The summed E-state index contributed by atoms with van der Waals surface area (Å²) in [6.45, 7) is 2.21. The highest BCUT2D eigenvalue weighted by atomic mass is 79.9. The highest BCUT2D eigenvalue weighted by molar-refractivity contribution is 9.09. The summed E-state index contributed by atoms with van der Waals surface area (Å²) < 4.78 is 0. The molecular weight excluding hydrogens is 212 g/mol. The largest absolute Gasteiger partial charge is 0.103 e. The summed E-state index contributed by atoms with van der Waals surface area (Å²) in [5, 5.41) is 1.14. The molecule has 12 heavy (non-hydrogen) atoms. The van der Waals surface area contributed by atoms with Crippen LogP contribution in [0.5, 0.6) is 0 Å². The molecule has 0 spiro atoms. The van der Waals surface area contributed by atoms with Gasteiger partial charge >= 0.3 is 0 Å². The summed E-state index contributed by atoms with van der Waals surface area (Å²) in [6.07, 6.45) is 8.58. The van der Waals surface area contributed by atoms with Crippen LogP contribution >= 0.6 is 15.9 Å². The first-order valence-electron chi connectivity index (χ1n) is 4.93. The minimum Gasteiger partial charge on any atom is -0.103 e. The van der Waals surface area contributed by atoms with Crippen LogP contribution in [0.4, 0.5) is 0 Å². The fraction of sp³-hybridized carbons (Fsp3) is 0.818. The summed E-state index contributed by atoms with van der Waals surface area (Å²) >= 11 is 3.42. The molecule has 0 aliphatic heterocycles. The zero-order valence-electron chi connectivity index (χ0n) is 8.03. The number of halogens is 1. The van der Waals surface area contributed by atoms with Gasteiger partial charge in [0.15, 0.2) is 0 Å². The zero-order chi connectivity index (χ0) is 9.07. The molecule has 0 radical (unpaired) electrons. The normalized spacial score (nSPS) is 9.17. The summed E-state index contributed by atoms with van der Waals surface area (Å²) in [6, 6.07) is 0. The molecular formula is C11H19Br. The van der Waals surface area contributed by atoms with E-state index in [1.54, 1.807) is 0 Å². The number of hydrogen-bond donors (Lipinski definition) is 0. The van der Waals surface area contributed by atoms with Crippen molar-refractivity contribution in [3.05, 3.63) is 0 Å². The average molecular weight is 231 g/mol. The highest BCUT2D eigenvalue weighted by Gasteiger charge is 1.84. The van der Waals surface area contributed by atoms with Crippen molar-refractivity contribution in [3.63, 3.8) is 0 Å². The molecule has 0 aromatic heterocycles. The van der Waals surface area contributed by atoms with Crippen molar-refractivity contribution in [2.45, 2.75) is 51.9 Å². The van der Waals surface area contributed by atoms with E-state index in [-0.39, 0.29) is 0 Å². The van der Waals surface area contributed by atoms with Crippen LogP contribution in [0.25, 0.3) is 0 Å². The molecule has 0 nitrogen and oxygen atoms in total. The first-order chi connectivity index (χ1) is 5.91. The molecule has 0 N–H and O–H groups in total. The Balaban J connectivity index is 2.99. The summed E-state index contributed by atoms with van der Waals surface area (Å²) in [4.78, 5) is 0. The molecule has 1 heteroatoms. The molecule has 0 bridgehead atoms. The van der Waals surface area contributed by atoms with Gasteiger partial charge in [0.2, 0.25) is 0 Å². The molecule has 0 rings (SSSR count). The van der Waals surface area contributed by atoms with Gasteiger partial charge < -0.3 is 0 Å². The van der Waals surface area contributed by atoms with E-state index in [1.807, 2.05) is 0 Å². The van der Waals surface area contributed by atoms with Crippen molar-refractivity contribution in [1.82, 2.24) is 0 Å². The molecule has 0 heterocycles. The van der Waals surface area contributed by atoms with Gasteiger partial charge in [-0.1, -0.05) is 35.7 Å². The minimum absolute atomic E-state index is 1.09. The molecule has 0 aromatic rings. The molecule has 0 aliphatic rings. The standard InChI is InChI=1S/C11H19Br/c1-2-3-4-5-6-7-8-9-10-11-12/h2-4,7-11H2,1H3. The molecule has 0 aromatic carbocycles. The van der Waals surface area contributed by atoms with Crippen LogP contribution in [-0.2, 0) is 0 Å². The Kier molecular flexibility index (Phi) is 11.1. The second-order valence-corrected chi connectivity index (χ2v) is 3.75. The highest BCUT2D eigenvalue weighted by Crippen LogP contribution is 2.01. The van der Waals surface area contributed by atoms with Crippen LogP contribution in [-0.4, -0.2) is 5.33 Å². The van der Waals surface area contributed by atoms with E-state index in [1.165, 1.54) is 32.1 Å². The number of rotatable bonds is 6. The van der Waals surface area contributed by atoms with Crippen molar-refractivity contribution < 1.29 is 0 Å². The van der Waals surface area contributed by atoms with Crippen LogP contribution in [0, 0.1) is 11.8 Å². The van der Waals surface area contributed by atoms with Gasteiger partial charge in [-0.15, -0.1) is 11.8 Å². The maximum absolute atomic E-state index is 3.42. The Labute approximate surface area is 85.3 Å². The van der Waals surface area contributed by atoms with Crippen molar-refractivity contribution >= 4 is 15.9 Å². The van der Waals surface area contributed by atoms with E-state index in [4.69, 9.17) is 0 Å². The zero-order valence-corrected chi connectivity index (χ0v) is 9.62. The summed E-state index contributed by atoms with van der Waals surface area (Å²) in [5.41, 5.74) is 0. The first-order valence-corrected chi connectivity index (χ1v) is 6.05. The second kappa shape index (κ2) is 11.0. The van der Waals surface area contributed by atoms with E-state index in [0.29, 0.717) is 0 Å². The van der Waals surface area contributed by atoms with E-state index in [9.17, 15) is 0 Å². The van der Waals surface area contributed by atoms with Crippen molar-refractivity contribution in [1.29, 1.82) is 0 Å². The van der Waals surface area contributed by atoms with Crippen molar-refractivity contribution in [3.8, 4) is 11.8 Å². The molecule has 70 valence electrons. The molecule has 0 unspecified atom stereocenters. The molecule has 0 saturated heterocycles. The summed E-state index contributed by atoms with van der Waals surface area (Å²) in [5.74, 6) is 6.42. The van der Waals surface area contributed by atoms with Crippen LogP contribution in [0.3, 0.4) is 0 Å². The lowest BCUT2D eigenvalue weighted by atomic mass is 10.2. The van der Waals surface area contributed by atoms with E-state index >= 15 is 0 Å². The van der Waals surface area contributed by atoms with Crippen molar-refractivity contribution in [2.24, 2.45) is 0 Å². The smallest absolute Gasteiger partial charge is 0.00886 e. The van der Waals surface area contributed by atoms with Crippen LogP contribution in [0.1, 0.15) is 51.9 Å². The summed E-state index contributed by atoms with van der Waals surface area (Å²) in [7, 11) is 0. The second-order valence-electron chi connectivity index (χ2n) is 2.96. The maximum atomic E-state index is 3.42. The Morgan fingerprint density at radius 3 is 2.17 bits per heavy atom. The van der Waals surface area contributed by atoms with Crippen LogP contribution in [0.15, 0.2) is 0 Å². The number of alkyl halides is 1. The maximum Gasteiger partial charge on any atom is 0.00886 e. The van der Waals surface area contributed by atoms with E-state index in [0.717, 1.165) is 18.2 Å². The first kappa shape index (κ1) is 12.0. The third-order valence-corrected chi connectivity index (χ3v) is 2.28. The van der Waals surface area contributed by atoms with Gasteiger partial charge in [-0.25, -0.2) is 0 Å². The van der Waals surface area contributed by atoms with Gasteiger partial charge in [0.25, 0.3) is 0 Å². The minimum atomic E-state index is 1.09. The Hall–Kier alpha value is 0.0400. The van der Waals surface area contributed by atoms with Gasteiger partial charge in [-0.3, -0.25) is 0 Å². The van der Waals surface area contributed by atoms with E-state index in [2.05, 4.69) is 34.7 Å². The Bertz CT molecular complexity index is 130. The van der Waals surface area contributed by atoms with E-state index < -0.39 is 0 Å². The van der Waals surface area contributed by atoms with Crippen LogP contribution in [0.2, 0.25) is 0 Å². The molecule has 0 saturated carbocycles. The Morgan fingerprint density at radius 1 is 0.917 bits per heavy atom. The van der Waals surface area contributed by atoms with Crippen molar-refractivity contribution in [2.75, 3.05) is 5.33 Å². The molecule has 0 atom stereocenters. The average Bonchev–Trinajstić information content (AvgIpc) is 2.10. The third kappa shape index (κ3) is 10.0. The monoisotopic (exact) mass is 230 g/mol. The molecule has 0 aliphatic carbocycles. The third-order valence-electron chi connectivity index (χ3n) is 1.72. The fourth-order valence-electron chi connectivity index (χ4n) is 0.927. The topological polar surface area (TPSA) is 0 Å². The molecule has 0 fully saturated rings.